The monoisotopic (exact) mass is 360 g/mol. The van der Waals surface area contributed by atoms with Gasteiger partial charge in [0.05, 0.1) is 0 Å². The molecule has 1 aromatic heterocycles. The number of rotatable bonds is 6. The van der Waals surface area contributed by atoms with Crippen LogP contribution >= 0.6 is 0 Å². The number of para-hydroxylation sites is 1. The van der Waals surface area contributed by atoms with Crippen molar-refractivity contribution in [1.29, 1.82) is 0 Å². The lowest BCUT2D eigenvalue weighted by Crippen LogP contribution is -2.16. The van der Waals surface area contributed by atoms with Crippen molar-refractivity contribution in [3.05, 3.63) is 82.8 Å². The van der Waals surface area contributed by atoms with Crippen LogP contribution in [-0.2, 0) is 13.0 Å². The van der Waals surface area contributed by atoms with Gasteiger partial charge in [-0.25, -0.2) is 9.97 Å². The normalized spacial score (nSPS) is 10.5. The van der Waals surface area contributed by atoms with Crippen molar-refractivity contribution in [1.82, 2.24) is 9.97 Å². The first-order chi connectivity index (χ1) is 13.0. The Morgan fingerprint density at radius 1 is 1.00 bits per heavy atom. The van der Waals surface area contributed by atoms with Gasteiger partial charge in [-0.3, -0.25) is 4.79 Å². The van der Waals surface area contributed by atoms with Crippen LogP contribution in [0.2, 0.25) is 0 Å². The lowest BCUT2D eigenvalue weighted by atomic mass is 10.1. The number of hydrogen-bond acceptors (Lipinski definition) is 4. The zero-order chi connectivity index (χ0) is 19.2. The van der Waals surface area contributed by atoms with E-state index in [9.17, 15) is 4.79 Å². The summed E-state index contributed by atoms with van der Waals surface area (Å²) in [5.74, 6) is 0.953. The molecule has 0 aliphatic carbocycles. The van der Waals surface area contributed by atoms with Crippen molar-refractivity contribution >= 4 is 17.4 Å². The number of benzene rings is 2. The van der Waals surface area contributed by atoms with E-state index in [0.29, 0.717) is 23.9 Å². The van der Waals surface area contributed by atoms with Gasteiger partial charge in [-0.1, -0.05) is 55.0 Å². The Morgan fingerprint density at radius 3 is 2.48 bits per heavy atom. The van der Waals surface area contributed by atoms with E-state index in [4.69, 9.17) is 0 Å². The molecule has 138 valence electrons. The van der Waals surface area contributed by atoms with Crippen LogP contribution in [0.4, 0.5) is 11.5 Å². The Labute approximate surface area is 159 Å². The zero-order valence-electron chi connectivity index (χ0n) is 15.9. The summed E-state index contributed by atoms with van der Waals surface area (Å²) in [4.78, 5) is 21.3. The Kier molecular flexibility index (Phi) is 5.81. The maximum absolute atomic E-state index is 12.7. The number of nitrogens with one attached hydrogen (secondary N) is 2. The van der Waals surface area contributed by atoms with E-state index in [0.717, 1.165) is 23.2 Å². The molecule has 1 heterocycles. The molecule has 0 aliphatic heterocycles. The highest BCUT2D eigenvalue weighted by atomic mass is 16.1. The molecule has 1 amide bonds. The molecule has 5 heteroatoms. The number of aryl methyl sites for hydroxylation is 3. The van der Waals surface area contributed by atoms with Crippen LogP contribution in [0.15, 0.2) is 54.6 Å². The van der Waals surface area contributed by atoms with Gasteiger partial charge in [0.2, 0.25) is 0 Å². The van der Waals surface area contributed by atoms with Gasteiger partial charge in [0.1, 0.15) is 17.3 Å². The fourth-order valence-corrected chi connectivity index (χ4v) is 2.81. The number of amides is 1. The van der Waals surface area contributed by atoms with E-state index in [-0.39, 0.29) is 5.91 Å². The first-order valence-corrected chi connectivity index (χ1v) is 9.09. The first kappa shape index (κ1) is 18.6. The van der Waals surface area contributed by atoms with Gasteiger partial charge in [0.15, 0.2) is 0 Å². The Hall–Kier alpha value is -3.21. The smallest absolute Gasteiger partial charge is 0.274 e. The predicted molar refractivity (Wildman–Crippen MR) is 109 cm³/mol. The average molecular weight is 360 g/mol. The van der Waals surface area contributed by atoms with Crippen molar-refractivity contribution in [2.24, 2.45) is 0 Å². The third kappa shape index (κ3) is 4.91. The van der Waals surface area contributed by atoms with E-state index in [2.05, 4.69) is 58.7 Å². The summed E-state index contributed by atoms with van der Waals surface area (Å²) in [5, 5.41) is 6.23. The Balaban J connectivity index is 1.74. The van der Waals surface area contributed by atoms with Gasteiger partial charge in [0.25, 0.3) is 5.91 Å². The molecule has 0 spiro atoms. The van der Waals surface area contributed by atoms with Gasteiger partial charge >= 0.3 is 0 Å². The molecule has 0 atom stereocenters. The fourth-order valence-electron chi connectivity index (χ4n) is 2.81. The van der Waals surface area contributed by atoms with Crippen LogP contribution in [-0.4, -0.2) is 15.9 Å². The number of anilines is 2. The SMILES string of the molecule is CCc1ccccc1NC(=O)c1cc(NCc2ccc(C)cc2)nc(C)n1. The number of carbonyl (C=O) groups excluding carboxylic acids is 1. The van der Waals surface area contributed by atoms with E-state index in [1.165, 1.54) is 5.56 Å². The van der Waals surface area contributed by atoms with Crippen molar-refractivity contribution in [3.8, 4) is 0 Å². The van der Waals surface area contributed by atoms with Crippen molar-refractivity contribution in [2.75, 3.05) is 10.6 Å². The minimum atomic E-state index is -0.236. The molecule has 0 bridgehead atoms. The van der Waals surface area contributed by atoms with Gasteiger partial charge in [-0.05, 0) is 37.5 Å². The molecule has 0 fully saturated rings. The maximum atomic E-state index is 12.7. The molecule has 2 aromatic carbocycles. The summed E-state index contributed by atoms with van der Waals surface area (Å²) in [5.41, 5.74) is 4.63. The van der Waals surface area contributed by atoms with Crippen LogP contribution < -0.4 is 10.6 Å². The molecule has 5 nitrogen and oxygen atoms in total. The second-order valence-electron chi connectivity index (χ2n) is 6.49. The highest BCUT2D eigenvalue weighted by Crippen LogP contribution is 2.17. The minimum absolute atomic E-state index is 0.236. The lowest BCUT2D eigenvalue weighted by molar-refractivity contribution is 0.102. The molecular weight excluding hydrogens is 336 g/mol. The minimum Gasteiger partial charge on any atom is -0.366 e. The van der Waals surface area contributed by atoms with E-state index >= 15 is 0 Å². The van der Waals surface area contributed by atoms with Gasteiger partial charge < -0.3 is 10.6 Å². The maximum Gasteiger partial charge on any atom is 0.274 e. The summed E-state index contributed by atoms with van der Waals surface area (Å²) < 4.78 is 0. The third-order valence-corrected chi connectivity index (χ3v) is 4.31. The predicted octanol–water partition coefficient (Wildman–Crippen LogP) is 4.52. The first-order valence-electron chi connectivity index (χ1n) is 9.09. The van der Waals surface area contributed by atoms with Gasteiger partial charge in [-0.15, -0.1) is 0 Å². The van der Waals surface area contributed by atoms with Crippen molar-refractivity contribution in [3.63, 3.8) is 0 Å². The molecule has 0 radical (unpaired) electrons. The molecule has 3 aromatic rings. The number of hydrogen-bond donors (Lipinski definition) is 2. The van der Waals surface area contributed by atoms with Gasteiger partial charge in [0, 0.05) is 18.3 Å². The number of nitrogens with zero attached hydrogens (tertiary/aromatic N) is 2. The number of aromatic nitrogens is 2. The van der Waals surface area contributed by atoms with Crippen molar-refractivity contribution in [2.45, 2.75) is 33.7 Å². The highest BCUT2D eigenvalue weighted by molar-refractivity contribution is 6.03. The summed E-state index contributed by atoms with van der Waals surface area (Å²) >= 11 is 0. The average Bonchev–Trinajstić information content (AvgIpc) is 2.67. The summed E-state index contributed by atoms with van der Waals surface area (Å²) in [6, 6.07) is 17.8. The quantitative estimate of drug-likeness (QED) is 0.678. The van der Waals surface area contributed by atoms with E-state index in [1.807, 2.05) is 24.3 Å². The van der Waals surface area contributed by atoms with Crippen LogP contribution in [0.25, 0.3) is 0 Å². The molecule has 2 N–H and O–H groups in total. The second kappa shape index (κ2) is 8.45. The molecule has 0 saturated heterocycles. The van der Waals surface area contributed by atoms with Crippen molar-refractivity contribution < 1.29 is 4.79 Å². The van der Waals surface area contributed by atoms with Crippen LogP contribution in [0.3, 0.4) is 0 Å². The standard InChI is InChI=1S/C22H24N4O/c1-4-18-7-5-6-8-19(18)26-22(27)20-13-21(25-16(3)24-20)23-14-17-11-9-15(2)10-12-17/h5-13H,4,14H2,1-3H3,(H,26,27)(H,23,24,25). The molecular formula is C22H24N4O. The molecule has 3 rings (SSSR count). The topological polar surface area (TPSA) is 66.9 Å². The van der Waals surface area contributed by atoms with E-state index < -0.39 is 0 Å². The second-order valence-corrected chi connectivity index (χ2v) is 6.49. The highest BCUT2D eigenvalue weighted by Gasteiger charge is 2.12. The summed E-state index contributed by atoms with van der Waals surface area (Å²) in [6.07, 6.45) is 0.850. The van der Waals surface area contributed by atoms with Crippen LogP contribution in [0, 0.1) is 13.8 Å². The third-order valence-electron chi connectivity index (χ3n) is 4.31. The largest absolute Gasteiger partial charge is 0.366 e. The lowest BCUT2D eigenvalue weighted by Gasteiger charge is -2.11. The number of carbonyl (C=O) groups is 1. The van der Waals surface area contributed by atoms with E-state index in [1.54, 1.807) is 13.0 Å². The Bertz CT molecular complexity index is 935. The summed E-state index contributed by atoms with van der Waals surface area (Å²) in [7, 11) is 0. The molecule has 0 saturated carbocycles. The van der Waals surface area contributed by atoms with Crippen LogP contribution in [0.5, 0.6) is 0 Å². The van der Waals surface area contributed by atoms with Gasteiger partial charge in [-0.2, -0.15) is 0 Å². The fraction of sp³-hybridized carbons (Fsp3) is 0.227. The Morgan fingerprint density at radius 2 is 1.74 bits per heavy atom. The van der Waals surface area contributed by atoms with Crippen LogP contribution in [0.1, 0.15) is 39.9 Å². The molecule has 0 unspecified atom stereocenters. The summed E-state index contributed by atoms with van der Waals surface area (Å²) in [6.45, 7) is 6.55. The molecule has 0 aliphatic rings. The molecule has 27 heavy (non-hydrogen) atoms. The zero-order valence-corrected chi connectivity index (χ0v) is 15.9.